The lowest BCUT2D eigenvalue weighted by Gasteiger charge is -2.36. The second-order valence-corrected chi connectivity index (χ2v) is 12.1. The molecular formula is C11H22F3NO3SSi. The van der Waals surface area contributed by atoms with Crippen LogP contribution in [-0.4, -0.2) is 37.0 Å². The third-order valence-electron chi connectivity index (χ3n) is 3.21. The van der Waals surface area contributed by atoms with Gasteiger partial charge in [0.1, 0.15) is 0 Å². The number of hydrogen-bond donors (Lipinski definition) is 1. The van der Waals surface area contributed by atoms with E-state index in [4.69, 9.17) is 4.43 Å². The first-order valence-electron chi connectivity index (χ1n) is 6.19. The van der Waals surface area contributed by atoms with E-state index in [0.29, 0.717) is 13.0 Å². The van der Waals surface area contributed by atoms with Gasteiger partial charge in [-0.15, -0.1) is 0 Å². The number of nitrogens with zero attached hydrogens (tertiary/aromatic N) is 1. The molecule has 0 rings (SSSR count). The minimum Gasteiger partial charge on any atom is -0.417 e. The molecule has 0 radical (unpaired) electrons. The van der Waals surface area contributed by atoms with E-state index < -0.39 is 31.0 Å². The van der Waals surface area contributed by atoms with E-state index in [1.165, 1.54) is 0 Å². The van der Waals surface area contributed by atoms with Gasteiger partial charge in [-0.3, -0.25) is 9.00 Å². The van der Waals surface area contributed by atoms with E-state index in [-0.39, 0.29) is 10.8 Å². The lowest BCUT2D eigenvalue weighted by molar-refractivity contribution is -0.169. The molecule has 0 aromatic heterocycles. The van der Waals surface area contributed by atoms with E-state index in [0.717, 1.165) is 0 Å². The number of thiol groups is 1. The van der Waals surface area contributed by atoms with Crippen molar-refractivity contribution in [2.75, 3.05) is 12.4 Å². The van der Waals surface area contributed by atoms with Crippen molar-refractivity contribution in [1.82, 2.24) is 0 Å². The molecule has 20 heavy (non-hydrogen) atoms. The molecule has 0 bridgehead atoms. The van der Waals surface area contributed by atoms with Gasteiger partial charge in [-0.2, -0.15) is 17.5 Å². The third-order valence-corrected chi connectivity index (χ3v) is 8.85. The zero-order valence-corrected chi connectivity index (χ0v) is 14.3. The number of amides is 1. The molecule has 0 aliphatic carbocycles. The van der Waals surface area contributed by atoms with Gasteiger partial charge in [0.05, 0.1) is 0 Å². The van der Waals surface area contributed by atoms with Gasteiger partial charge in [-0.1, -0.05) is 20.8 Å². The molecule has 0 aromatic rings. The van der Waals surface area contributed by atoms with Crippen molar-refractivity contribution in [1.29, 1.82) is 0 Å². The lowest BCUT2D eigenvalue weighted by atomic mass is 10.2. The van der Waals surface area contributed by atoms with Gasteiger partial charge in [0, 0.05) is 23.0 Å². The van der Waals surface area contributed by atoms with Crippen molar-refractivity contribution in [2.24, 2.45) is 4.36 Å². The van der Waals surface area contributed by atoms with Gasteiger partial charge in [0.2, 0.25) is 0 Å². The largest absolute Gasteiger partial charge is 0.474 e. The van der Waals surface area contributed by atoms with Gasteiger partial charge in [0.25, 0.3) is 0 Å². The molecule has 9 heteroatoms. The summed E-state index contributed by atoms with van der Waals surface area (Å²) in [5.74, 6) is -2.37. The average molecular weight is 333 g/mol. The molecule has 0 spiro atoms. The smallest absolute Gasteiger partial charge is 0.417 e. The third kappa shape index (κ3) is 6.85. The molecule has 1 atom stereocenters. The van der Waals surface area contributed by atoms with Gasteiger partial charge in [-0.25, -0.2) is 0 Å². The van der Waals surface area contributed by atoms with Crippen molar-refractivity contribution < 1.29 is 26.6 Å². The number of carbonyl (C=O) groups excluding carboxylic acids is 1. The summed E-state index contributed by atoms with van der Waals surface area (Å²) in [6.07, 6.45) is -4.74. The molecule has 0 heterocycles. The Balaban J connectivity index is 4.25. The Morgan fingerprint density at radius 3 is 2.15 bits per heavy atom. The zero-order chi connectivity index (χ0) is 16.2. The Morgan fingerprint density at radius 1 is 1.25 bits per heavy atom. The minimum atomic E-state index is -5.05. The molecule has 120 valence electrons. The standard InChI is InChI=1S/C11H22F3NO3SSi/c1-10(2,3)20(4,5)18-7-6-8-19(17)15-9(16)11(12,13)14/h19H,6-8H2,1-5H3. The second kappa shape index (κ2) is 7.03. The fourth-order valence-electron chi connectivity index (χ4n) is 0.952. The van der Waals surface area contributed by atoms with Crippen LogP contribution < -0.4 is 0 Å². The van der Waals surface area contributed by atoms with Crippen LogP contribution in [-0.2, 0) is 19.8 Å². The molecule has 4 nitrogen and oxygen atoms in total. The van der Waals surface area contributed by atoms with Gasteiger partial charge >= 0.3 is 12.1 Å². The highest BCUT2D eigenvalue weighted by Crippen LogP contribution is 2.36. The van der Waals surface area contributed by atoms with Crippen LogP contribution in [0.3, 0.4) is 0 Å². The Labute approximate surface area is 120 Å². The number of halogens is 3. The molecular weight excluding hydrogens is 311 g/mol. The molecule has 0 N–H and O–H groups in total. The Hall–Kier alpha value is -0.413. The van der Waals surface area contributed by atoms with Crippen LogP contribution in [0.1, 0.15) is 27.2 Å². The van der Waals surface area contributed by atoms with Crippen molar-refractivity contribution in [3.8, 4) is 0 Å². The Morgan fingerprint density at radius 2 is 1.75 bits per heavy atom. The number of rotatable bonds is 5. The highest BCUT2D eigenvalue weighted by molar-refractivity contribution is 7.75. The number of alkyl halides is 3. The average Bonchev–Trinajstić information content (AvgIpc) is 2.21. The Bertz CT molecular complexity index is 424. The van der Waals surface area contributed by atoms with Crippen molar-refractivity contribution in [3.63, 3.8) is 0 Å². The van der Waals surface area contributed by atoms with Crippen molar-refractivity contribution >= 4 is 24.8 Å². The quantitative estimate of drug-likeness (QED) is 0.478. The summed E-state index contributed by atoms with van der Waals surface area (Å²) in [7, 11) is -4.43. The van der Waals surface area contributed by atoms with Crippen LogP contribution in [0, 0.1) is 0 Å². The van der Waals surface area contributed by atoms with Crippen molar-refractivity contribution in [3.05, 3.63) is 0 Å². The van der Waals surface area contributed by atoms with E-state index in [1.54, 1.807) is 0 Å². The predicted octanol–water partition coefficient (Wildman–Crippen LogP) is 3.15. The maximum atomic E-state index is 11.9. The summed E-state index contributed by atoms with van der Waals surface area (Å²) < 4.78 is 55.3. The van der Waals surface area contributed by atoms with Crippen LogP contribution in [0.2, 0.25) is 18.1 Å². The van der Waals surface area contributed by atoms with E-state index in [2.05, 4.69) is 25.1 Å². The highest BCUT2D eigenvalue weighted by Gasteiger charge is 2.39. The summed E-state index contributed by atoms with van der Waals surface area (Å²) in [5.41, 5.74) is 0. The first kappa shape index (κ1) is 19.6. The molecule has 0 fully saturated rings. The molecule has 1 unspecified atom stereocenters. The normalized spacial score (nSPS) is 15.4. The fourth-order valence-corrected chi connectivity index (χ4v) is 2.85. The summed E-state index contributed by atoms with van der Waals surface area (Å²) in [6.45, 7) is 10.6. The van der Waals surface area contributed by atoms with Crippen LogP contribution in [0.5, 0.6) is 0 Å². The monoisotopic (exact) mass is 333 g/mol. The minimum absolute atomic E-state index is 0.0336. The van der Waals surface area contributed by atoms with Gasteiger partial charge < -0.3 is 4.43 Å². The topological polar surface area (TPSA) is 55.7 Å². The van der Waals surface area contributed by atoms with Crippen LogP contribution in [0.15, 0.2) is 4.36 Å². The molecule has 0 aliphatic rings. The summed E-state index contributed by atoms with van der Waals surface area (Å²) in [5, 5.41) is 0.0336. The van der Waals surface area contributed by atoms with Crippen LogP contribution in [0.4, 0.5) is 13.2 Å². The van der Waals surface area contributed by atoms with Gasteiger partial charge in [-0.05, 0) is 24.6 Å². The van der Waals surface area contributed by atoms with E-state index in [1.807, 2.05) is 13.1 Å². The van der Waals surface area contributed by atoms with Crippen molar-refractivity contribution in [2.45, 2.75) is 51.5 Å². The highest BCUT2D eigenvalue weighted by atomic mass is 32.2. The van der Waals surface area contributed by atoms with E-state index >= 15 is 0 Å². The molecule has 0 aromatic carbocycles. The molecule has 0 saturated carbocycles. The second-order valence-electron chi connectivity index (χ2n) is 5.94. The van der Waals surface area contributed by atoms with Gasteiger partial charge in [0.15, 0.2) is 8.32 Å². The maximum Gasteiger partial charge on any atom is 0.474 e. The summed E-state index contributed by atoms with van der Waals surface area (Å²) in [6, 6.07) is 0. The fraction of sp³-hybridized carbons (Fsp3) is 0.909. The Kier molecular flexibility index (Phi) is 6.89. The predicted molar refractivity (Wildman–Crippen MR) is 75.7 cm³/mol. The van der Waals surface area contributed by atoms with Crippen LogP contribution >= 0.6 is 0 Å². The zero-order valence-electron chi connectivity index (χ0n) is 12.4. The summed E-state index contributed by atoms with van der Waals surface area (Å²) in [4.78, 5) is 10.5. The summed E-state index contributed by atoms with van der Waals surface area (Å²) >= 11 is 0. The van der Waals surface area contributed by atoms with Crippen LogP contribution in [0.25, 0.3) is 0 Å². The SMILES string of the molecule is CC(C)(C)[Si](C)(C)OCCC/[SH](=O)=N/C(=O)C(F)(F)F. The molecule has 1 amide bonds. The maximum absolute atomic E-state index is 11.9. The van der Waals surface area contributed by atoms with E-state index in [9.17, 15) is 22.2 Å². The molecule has 0 aliphatic heterocycles. The number of hydrogen-bond acceptors (Lipinski definition) is 3. The number of carbonyl (C=O) groups is 1. The first-order chi connectivity index (χ1) is 8.77. The lowest BCUT2D eigenvalue weighted by Crippen LogP contribution is -2.41. The molecule has 0 saturated heterocycles. The first-order valence-corrected chi connectivity index (χ1v) is 10.5.